The minimum atomic E-state index is -4.44. The molecule has 0 spiro atoms. The highest BCUT2D eigenvalue weighted by Gasteiger charge is 2.39. The number of carbonyl (C=O) groups is 1. The van der Waals surface area contributed by atoms with Gasteiger partial charge in [-0.3, -0.25) is 4.79 Å². The van der Waals surface area contributed by atoms with E-state index in [0.29, 0.717) is 35.3 Å². The van der Waals surface area contributed by atoms with Gasteiger partial charge >= 0.3 is 6.18 Å². The molecule has 0 N–H and O–H groups in total. The molecule has 0 atom stereocenters. The normalized spacial score (nSPS) is 17.2. The first-order chi connectivity index (χ1) is 11.9. The fourth-order valence-corrected chi connectivity index (χ4v) is 3.49. The number of nitrogens with zero attached hydrogens (tertiary/aromatic N) is 3. The van der Waals surface area contributed by atoms with Gasteiger partial charge in [-0.15, -0.1) is 0 Å². The van der Waals surface area contributed by atoms with Crippen molar-refractivity contribution in [2.45, 2.75) is 38.3 Å². The summed E-state index contributed by atoms with van der Waals surface area (Å²) in [6.07, 6.45) is -0.807. The maximum absolute atomic E-state index is 13.3. The van der Waals surface area contributed by atoms with Gasteiger partial charge in [0.1, 0.15) is 0 Å². The van der Waals surface area contributed by atoms with Crippen molar-refractivity contribution >= 4 is 5.91 Å². The van der Waals surface area contributed by atoms with E-state index in [0.717, 1.165) is 32.4 Å². The number of alkyl halides is 3. The summed E-state index contributed by atoms with van der Waals surface area (Å²) >= 11 is 0. The van der Waals surface area contributed by atoms with Crippen molar-refractivity contribution in [2.75, 3.05) is 13.1 Å². The van der Waals surface area contributed by atoms with Crippen molar-refractivity contribution in [3.05, 3.63) is 46.8 Å². The van der Waals surface area contributed by atoms with E-state index < -0.39 is 11.9 Å². The molecule has 2 heterocycles. The molecule has 1 aliphatic heterocycles. The van der Waals surface area contributed by atoms with Crippen molar-refractivity contribution < 1.29 is 18.0 Å². The third-order valence-corrected chi connectivity index (χ3v) is 4.95. The van der Waals surface area contributed by atoms with Crippen molar-refractivity contribution in [1.82, 2.24) is 14.7 Å². The van der Waals surface area contributed by atoms with E-state index >= 15 is 0 Å². The van der Waals surface area contributed by atoms with Gasteiger partial charge in [0.05, 0.1) is 5.69 Å². The Hall–Kier alpha value is -2.31. The highest BCUT2D eigenvalue weighted by atomic mass is 19.4. The molecule has 2 aromatic rings. The molecule has 1 amide bonds. The number of rotatable bonds is 2. The van der Waals surface area contributed by atoms with Gasteiger partial charge < -0.3 is 4.90 Å². The fourth-order valence-electron chi connectivity index (χ4n) is 3.49. The molecule has 0 radical (unpaired) electrons. The first kappa shape index (κ1) is 16.2. The van der Waals surface area contributed by atoms with Crippen LogP contribution in [-0.4, -0.2) is 33.7 Å². The zero-order valence-corrected chi connectivity index (χ0v) is 13.6. The van der Waals surface area contributed by atoms with Gasteiger partial charge in [-0.2, -0.15) is 18.3 Å². The summed E-state index contributed by atoms with van der Waals surface area (Å²) in [5.41, 5.74) is 1.30. The summed E-state index contributed by atoms with van der Waals surface area (Å²) < 4.78 is 41.2. The quantitative estimate of drug-likeness (QED) is 0.831. The van der Waals surface area contributed by atoms with Crippen LogP contribution in [-0.2, 0) is 19.0 Å². The second-order valence-electron chi connectivity index (χ2n) is 6.58. The Morgan fingerprint density at radius 1 is 1.00 bits per heavy atom. The Balaban J connectivity index is 1.70. The summed E-state index contributed by atoms with van der Waals surface area (Å²) in [5, 5.41) is 3.87. The van der Waals surface area contributed by atoms with Crippen LogP contribution < -0.4 is 0 Å². The number of likely N-dealkylation sites (tertiary alicyclic amines) is 1. The number of fused-ring (bicyclic) bond motifs is 1. The lowest BCUT2D eigenvalue weighted by molar-refractivity contribution is -0.142. The van der Waals surface area contributed by atoms with Crippen molar-refractivity contribution in [3.63, 3.8) is 0 Å². The van der Waals surface area contributed by atoms with Crippen LogP contribution in [0.15, 0.2) is 24.3 Å². The smallest absolute Gasteiger partial charge is 0.339 e. The molecule has 1 aliphatic carbocycles. The standard InChI is InChI=1S/C18H18F3N3O/c19-18(20,21)16-14-4-1-2-5-15(14)24(22-16)13-8-6-12(7-9-13)17(25)23-10-3-11-23/h6-9H,1-5,10-11H2. The Labute approximate surface area is 143 Å². The molecule has 4 nitrogen and oxygen atoms in total. The maximum Gasteiger partial charge on any atom is 0.435 e. The molecule has 0 saturated carbocycles. The van der Waals surface area contributed by atoms with E-state index in [4.69, 9.17) is 0 Å². The molecule has 132 valence electrons. The fraction of sp³-hybridized carbons (Fsp3) is 0.444. The molecule has 1 saturated heterocycles. The molecule has 1 fully saturated rings. The monoisotopic (exact) mass is 349 g/mol. The number of carbonyl (C=O) groups excluding carboxylic acids is 1. The van der Waals surface area contributed by atoms with E-state index in [1.165, 1.54) is 4.68 Å². The number of halogens is 3. The predicted octanol–water partition coefficient (Wildman–Crippen LogP) is 3.62. The summed E-state index contributed by atoms with van der Waals surface area (Å²) in [6.45, 7) is 1.53. The number of benzene rings is 1. The Morgan fingerprint density at radius 3 is 2.28 bits per heavy atom. The molecular weight excluding hydrogens is 331 g/mol. The molecule has 25 heavy (non-hydrogen) atoms. The summed E-state index contributed by atoms with van der Waals surface area (Å²) in [4.78, 5) is 14.0. The minimum absolute atomic E-state index is 0.0312. The van der Waals surface area contributed by atoms with Gasteiger partial charge in [0, 0.05) is 29.9 Å². The first-order valence-electron chi connectivity index (χ1n) is 8.53. The minimum Gasteiger partial charge on any atom is -0.339 e. The number of amides is 1. The number of hydrogen-bond donors (Lipinski definition) is 0. The van der Waals surface area contributed by atoms with Gasteiger partial charge in [0.25, 0.3) is 5.91 Å². The van der Waals surface area contributed by atoms with Gasteiger partial charge in [-0.05, 0) is 56.4 Å². The van der Waals surface area contributed by atoms with Crippen LogP contribution >= 0.6 is 0 Å². The molecular formula is C18H18F3N3O. The second-order valence-corrected chi connectivity index (χ2v) is 6.58. The van der Waals surface area contributed by atoms with E-state index in [-0.39, 0.29) is 5.91 Å². The van der Waals surface area contributed by atoms with E-state index in [9.17, 15) is 18.0 Å². The van der Waals surface area contributed by atoms with Crippen molar-refractivity contribution in [1.29, 1.82) is 0 Å². The zero-order chi connectivity index (χ0) is 17.6. The summed E-state index contributed by atoms with van der Waals surface area (Å²) in [5.74, 6) is -0.0312. The van der Waals surface area contributed by atoms with Gasteiger partial charge in [0.2, 0.25) is 0 Å². The van der Waals surface area contributed by atoms with Gasteiger partial charge in [-0.25, -0.2) is 4.68 Å². The predicted molar refractivity (Wildman–Crippen MR) is 85.7 cm³/mol. The van der Waals surface area contributed by atoms with E-state index in [2.05, 4.69) is 5.10 Å². The van der Waals surface area contributed by atoms with Crippen molar-refractivity contribution in [2.24, 2.45) is 0 Å². The third kappa shape index (κ3) is 2.81. The van der Waals surface area contributed by atoms with Gasteiger partial charge in [-0.1, -0.05) is 0 Å². The zero-order valence-electron chi connectivity index (χ0n) is 13.6. The van der Waals surface area contributed by atoms with Crippen LogP contribution in [0.2, 0.25) is 0 Å². The number of aromatic nitrogens is 2. The lowest BCUT2D eigenvalue weighted by atomic mass is 9.95. The first-order valence-corrected chi connectivity index (χ1v) is 8.53. The van der Waals surface area contributed by atoms with Crippen LogP contribution in [0.25, 0.3) is 5.69 Å². The lowest BCUT2D eigenvalue weighted by Crippen LogP contribution is -2.41. The maximum atomic E-state index is 13.3. The highest BCUT2D eigenvalue weighted by Crippen LogP contribution is 2.36. The Morgan fingerprint density at radius 2 is 1.68 bits per heavy atom. The molecule has 0 unspecified atom stereocenters. The number of hydrogen-bond acceptors (Lipinski definition) is 2. The van der Waals surface area contributed by atoms with Crippen LogP contribution in [0.5, 0.6) is 0 Å². The average molecular weight is 349 g/mol. The van der Waals surface area contributed by atoms with Gasteiger partial charge in [0.15, 0.2) is 5.69 Å². The lowest BCUT2D eigenvalue weighted by Gasteiger charge is -2.30. The largest absolute Gasteiger partial charge is 0.435 e. The third-order valence-electron chi connectivity index (χ3n) is 4.95. The van der Waals surface area contributed by atoms with Crippen molar-refractivity contribution in [3.8, 4) is 5.69 Å². The molecule has 7 heteroatoms. The summed E-state index contributed by atoms with van der Waals surface area (Å²) in [6, 6.07) is 6.68. The topological polar surface area (TPSA) is 38.1 Å². The van der Waals surface area contributed by atoms with Crippen LogP contribution in [0.1, 0.15) is 46.6 Å². The van der Waals surface area contributed by atoms with Crippen LogP contribution in [0.3, 0.4) is 0 Å². The molecule has 2 aliphatic rings. The molecule has 1 aromatic heterocycles. The second kappa shape index (κ2) is 5.89. The highest BCUT2D eigenvalue weighted by molar-refractivity contribution is 5.94. The SMILES string of the molecule is O=C(c1ccc(-n2nc(C(F)(F)F)c3c2CCCC3)cc1)N1CCC1. The Bertz CT molecular complexity index is 804. The van der Waals surface area contributed by atoms with Crippen LogP contribution in [0, 0.1) is 0 Å². The molecule has 4 rings (SSSR count). The van der Waals surface area contributed by atoms with E-state index in [1.807, 2.05) is 0 Å². The average Bonchev–Trinajstić information content (AvgIpc) is 2.93. The van der Waals surface area contributed by atoms with Crippen LogP contribution in [0.4, 0.5) is 13.2 Å². The Kier molecular flexibility index (Phi) is 3.81. The molecule has 1 aromatic carbocycles. The van der Waals surface area contributed by atoms with E-state index in [1.54, 1.807) is 29.2 Å². The summed E-state index contributed by atoms with van der Waals surface area (Å²) in [7, 11) is 0. The molecule has 0 bridgehead atoms.